The first-order chi connectivity index (χ1) is 12.1. The molecule has 0 atom stereocenters. The largest absolute Gasteiger partial charge is 0.346 e. The van der Waals surface area contributed by atoms with Gasteiger partial charge >= 0.3 is 0 Å². The lowest BCUT2D eigenvalue weighted by molar-refractivity contribution is 1.23. The second kappa shape index (κ2) is 6.84. The zero-order chi connectivity index (χ0) is 17.4. The van der Waals surface area contributed by atoms with E-state index in [-0.39, 0.29) is 0 Å². The molecule has 0 saturated carbocycles. The maximum atomic E-state index is 6.32. The van der Waals surface area contributed by atoms with Gasteiger partial charge in [-0.25, -0.2) is 9.97 Å². The second-order valence-corrected chi connectivity index (χ2v) is 7.72. The lowest BCUT2D eigenvalue weighted by Gasteiger charge is -2.01. The van der Waals surface area contributed by atoms with E-state index < -0.39 is 0 Å². The second-order valence-electron chi connectivity index (χ2n) is 5.41. The average molecular weight is 410 g/mol. The van der Waals surface area contributed by atoms with E-state index in [1.165, 1.54) is 11.3 Å². The molecule has 0 amide bonds. The van der Waals surface area contributed by atoms with Crippen molar-refractivity contribution >= 4 is 68.0 Å². The highest BCUT2D eigenvalue weighted by atomic mass is 35.5. The molecule has 0 unspecified atom stereocenters. The molecule has 0 bridgehead atoms. The summed E-state index contributed by atoms with van der Waals surface area (Å²) in [4.78, 5) is 12.8. The number of aromatic nitrogens is 3. The Morgan fingerprint density at radius 2 is 1.88 bits per heavy atom. The van der Waals surface area contributed by atoms with Crippen LogP contribution in [-0.4, -0.2) is 15.0 Å². The van der Waals surface area contributed by atoms with Crippen molar-refractivity contribution in [1.82, 2.24) is 15.0 Å². The number of pyridine rings is 1. The van der Waals surface area contributed by atoms with Crippen molar-refractivity contribution in [2.24, 2.45) is 0 Å². The summed E-state index contributed by atoms with van der Waals surface area (Å²) in [5.41, 5.74) is 2.79. The van der Waals surface area contributed by atoms with Crippen LogP contribution in [0.2, 0.25) is 15.2 Å². The van der Waals surface area contributed by atoms with Gasteiger partial charge < -0.3 is 10.3 Å². The van der Waals surface area contributed by atoms with Gasteiger partial charge in [0.1, 0.15) is 10.8 Å². The lowest BCUT2D eigenvalue weighted by atomic mass is 10.1. The molecule has 4 nitrogen and oxygen atoms in total. The number of anilines is 2. The molecule has 0 radical (unpaired) electrons. The number of fused-ring (bicyclic) bond motifs is 1. The standard InChI is InChI=1S/C17H11Cl3N4S/c18-10-1-3-12(4-2-10)23-17-24-15(20)14(25-17)5-9-7-21-16-13(9)6-11(19)8-22-16/h1-4,6-8H,5H2,(H,21,22)(H,23,24). The molecule has 2 N–H and O–H groups in total. The van der Waals surface area contributed by atoms with Crippen molar-refractivity contribution in [1.29, 1.82) is 0 Å². The number of H-pyrrole nitrogens is 1. The fourth-order valence-corrected chi connectivity index (χ4v) is 4.00. The lowest BCUT2D eigenvalue weighted by Crippen LogP contribution is -1.87. The summed E-state index contributed by atoms with van der Waals surface area (Å²) < 4.78 is 0. The van der Waals surface area contributed by atoms with Gasteiger partial charge in [-0.2, -0.15) is 0 Å². The van der Waals surface area contributed by atoms with Gasteiger partial charge in [0.25, 0.3) is 0 Å². The van der Waals surface area contributed by atoms with E-state index >= 15 is 0 Å². The van der Waals surface area contributed by atoms with E-state index in [0.717, 1.165) is 32.3 Å². The van der Waals surface area contributed by atoms with Crippen molar-refractivity contribution in [2.45, 2.75) is 6.42 Å². The molecule has 4 rings (SSSR count). The highest BCUT2D eigenvalue weighted by molar-refractivity contribution is 7.16. The number of rotatable bonds is 4. The maximum absolute atomic E-state index is 6.32. The van der Waals surface area contributed by atoms with Crippen molar-refractivity contribution in [3.8, 4) is 0 Å². The molecular formula is C17H11Cl3N4S. The molecule has 126 valence electrons. The summed E-state index contributed by atoms with van der Waals surface area (Å²) in [5.74, 6) is 0. The highest BCUT2D eigenvalue weighted by Crippen LogP contribution is 2.33. The third kappa shape index (κ3) is 3.60. The van der Waals surface area contributed by atoms with Crippen LogP contribution >= 0.6 is 46.1 Å². The van der Waals surface area contributed by atoms with Gasteiger partial charge in [0, 0.05) is 34.9 Å². The molecule has 0 aliphatic rings. The Kier molecular flexibility index (Phi) is 4.56. The molecule has 0 saturated heterocycles. The van der Waals surface area contributed by atoms with E-state index in [4.69, 9.17) is 34.8 Å². The van der Waals surface area contributed by atoms with Gasteiger partial charge in [-0.3, -0.25) is 0 Å². The van der Waals surface area contributed by atoms with Crippen LogP contribution in [-0.2, 0) is 6.42 Å². The van der Waals surface area contributed by atoms with Crippen molar-refractivity contribution in [2.75, 3.05) is 5.32 Å². The van der Waals surface area contributed by atoms with E-state index in [1.807, 2.05) is 36.5 Å². The quantitative estimate of drug-likeness (QED) is 0.415. The highest BCUT2D eigenvalue weighted by Gasteiger charge is 2.13. The van der Waals surface area contributed by atoms with E-state index in [1.54, 1.807) is 6.20 Å². The van der Waals surface area contributed by atoms with Gasteiger partial charge in [-0.05, 0) is 35.9 Å². The molecule has 0 aliphatic carbocycles. The topological polar surface area (TPSA) is 53.6 Å². The zero-order valence-corrected chi connectivity index (χ0v) is 15.8. The van der Waals surface area contributed by atoms with E-state index in [2.05, 4.69) is 20.3 Å². The van der Waals surface area contributed by atoms with Gasteiger partial charge in [-0.1, -0.05) is 46.1 Å². The minimum atomic E-state index is 0.491. The zero-order valence-electron chi connectivity index (χ0n) is 12.7. The van der Waals surface area contributed by atoms with Crippen LogP contribution in [0.1, 0.15) is 10.4 Å². The Bertz CT molecular complexity index is 1040. The number of nitrogens with one attached hydrogen (secondary N) is 2. The van der Waals surface area contributed by atoms with Gasteiger partial charge in [-0.15, -0.1) is 0 Å². The van der Waals surface area contributed by atoms with Gasteiger partial charge in [0.2, 0.25) is 0 Å². The Labute approximate surface area is 162 Å². The van der Waals surface area contributed by atoms with Crippen molar-refractivity contribution in [3.05, 3.63) is 68.4 Å². The minimum absolute atomic E-state index is 0.491. The molecule has 25 heavy (non-hydrogen) atoms. The van der Waals surface area contributed by atoms with Crippen LogP contribution in [0.5, 0.6) is 0 Å². The molecule has 3 aromatic heterocycles. The number of aromatic amines is 1. The average Bonchev–Trinajstić information content (AvgIpc) is 3.14. The molecule has 4 aromatic rings. The third-order valence-corrected chi connectivity index (χ3v) is 5.53. The molecule has 3 heterocycles. The number of hydrogen-bond donors (Lipinski definition) is 2. The van der Waals surface area contributed by atoms with Crippen LogP contribution in [0.3, 0.4) is 0 Å². The van der Waals surface area contributed by atoms with Gasteiger partial charge in [0.05, 0.1) is 9.90 Å². The number of thiazole rings is 1. The Hall–Kier alpha value is -1.79. The van der Waals surface area contributed by atoms with Crippen molar-refractivity contribution < 1.29 is 0 Å². The Morgan fingerprint density at radius 1 is 1.08 bits per heavy atom. The van der Waals surface area contributed by atoms with Crippen LogP contribution < -0.4 is 5.32 Å². The number of halogens is 3. The molecule has 0 spiro atoms. The van der Waals surface area contributed by atoms with Gasteiger partial charge in [0.15, 0.2) is 5.13 Å². The third-order valence-electron chi connectivity index (χ3n) is 3.68. The van der Waals surface area contributed by atoms with E-state index in [9.17, 15) is 0 Å². The Balaban J connectivity index is 1.59. The number of nitrogens with zero attached hydrogens (tertiary/aromatic N) is 2. The number of benzene rings is 1. The predicted octanol–water partition coefficient (Wildman–Crippen LogP) is 6.31. The first-order valence-corrected chi connectivity index (χ1v) is 9.33. The summed E-state index contributed by atoms with van der Waals surface area (Å²) in [5, 5.41) is 6.75. The van der Waals surface area contributed by atoms with Crippen LogP contribution in [0, 0.1) is 0 Å². The monoisotopic (exact) mass is 408 g/mol. The molecule has 0 fully saturated rings. The molecule has 1 aromatic carbocycles. The normalized spacial score (nSPS) is 11.2. The maximum Gasteiger partial charge on any atom is 0.188 e. The summed E-state index contributed by atoms with van der Waals surface area (Å²) >= 11 is 19.8. The molecule has 0 aliphatic heterocycles. The smallest absolute Gasteiger partial charge is 0.188 e. The fourth-order valence-electron chi connectivity index (χ4n) is 2.50. The van der Waals surface area contributed by atoms with Crippen LogP contribution in [0.25, 0.3) is 11.0 Å². The SMILES string of the molecule is Clc1ccc(Nc2nc(Cl)c(Cc3c[nH]c4ncc(Cl)cc34)s2)cc1. The van der Waals surface area contributed by atoms with E-state index in [0.29, 0.717) is 21.6 Å². The summed E-state index contributed by atoms with van der Waals surface area (Å²) in [6, 6.07) is 9.33. The number of hydrogen-bond acceptors (Lipinski definition) is 4. The summed E-state index contributed by atoms with van der Waals surface area (Å²) in [7, 11) is 0. The first-order valence-electron chi connectivity index (χ1n) is 7.38. The van der Waals surface area contributed by atoms with Crippen LogP contribution in [0.15, 0.2) is 42.7 Å². The fraction of sp³-hybridized carbons (Fsp3) is 0.0588. The van der Waals surface area contributed by atoms with Crippen LogP contribution in [0.4, 0.5) is 10.8 Å². The molecular weight excluding hydrogens is 399 g/mol. The first kappa shape index (κ1) is 16.7. The van der Waals surface area contributed by atoms with Crippen molar-refractivity contribution in [3.63, 3.8) is 0 Å². The predicted molar refractivity (Wildman–Crippen MR) is 106 cm³/mol. The minimum Gasteiger partial charge on any atom is -0.346 e. The molecule has 8 heteroatoms. The Morgan fingerprint density at radius 3 is 2.68 bits per heavy atom. The summed E-state index contributed by atoms with van der Waals surface area (Å²) in [6.07, 6.45) is 4.20. The summed E-state index contributed by atoms with van der Waals surface area (Å²) in [6.45, 7) is 0.